The maximum atomic E-state index is 13.7. The Bertz CT molecular complexity index is 1690. The van der Waals surface area contributed by atoms with Crippen LogP contribution < -0.4 is 19.1 Å². The van der Waals surface area contributed by atoms with Gasteiger partial charge in [-0.25, -0.2) is 4.98 Å². The first kappa shape index (κ1) is 26.8. The number of benzene rings is 3. The van der Waals surface area contributed by atoms with Gasteiger partial charge in [0.15, 0.2) is 5.13 Å². The molecule has 1 saturated heterocycles. The molecule has 2 unspecified atom stereocenters. The van der Waals surface area contributed by atoms with Crippen molar-refractivity contribution in [1.29, 1.82) is 0 Å². The van der Waals surface area contributed by atoms with Crippen molar-refractivity contribution in [3.05, 3.63) is 82.9 Å². The summed E-state index contributed by atoms with van der Waals surface area (Å²) in [6, 6.07) is 17.2. The number of fused-ring (bicyclic) bond motifs is 2. The highest BCUT2D eigenvalue weighted by Gasteiger charge is 2.48. The highest BCUT2D eigenvalue weighted by Crippen LogP contribution is 2.45. The fourth-order valence-corrected chi connectivity index (χ4v) is 6.32. The summed E-state index contributed by atoms with van der Waals surface area (Å²) in [6.45, 7) is 4.62. The summed E-state index contributed by atoms with van der Waals surface area (Å²) in [6.07, 6.45) is 2.62. The minimum Gasteiger partial charge on any atom is -0.507 e. The number of ketones is 1. The van der Waals surface area contributed by atoms with E-state index in [4.69, 9.17) is 19.2 Å². The Kier molecular flexibility index (Phi) is 7.13. The maximum Gasteiger partial charge on any atom is 0.301 e. The number of aliphatic hydroxyl groups is 1. The molecule has 0 bridgehead atoms. The first-order valence-electron chi connectivity index (χ1n) is 13.7. The molecule has 41 heavy (non-hydrogen) atoms. The molecule has 6 rings (SSSR count). The van der Waals surface area contributed by atoms with Gasteiger partial charge in [-0.3, -0.25) is 14.5 Å². The Balaban J connectivity index is 1.49. The molecule has 2 atom stereocenters. The third-order valence-corrected chi connectivity index (χ3v) is 8.36. The van der Waals surface area contributed by atoms with Crippen LogP contribution in [0.25, 0.3) is 16.0 Å². The van der Waals surface area contributed by atoms with Gasteiger partial charge in [0.2, 0.25) is 0 Å². The van der Waals surface area contributed by atoms with E-state index >= 15 is 0 Å². The van der Waals surface area contributed by atoms with Crippen LogP contribution in [0, 0.1) is 0 Å². The predicted molar refractivity (Wildman–Crippen MR) is 158 cm³/mol. The number of thiazole rings is 1. The summed E-state index contributed by atoms with van der Waals surface area (Å²) in [5, 5.41) is 12.0. The number of nitrogens with zero attached hydrogens (tertiary/aromatic N) is 2. The second kappa shape index (κ2) is 10.9. The lowest BCUT2D eigenvalue weighted by Gasteiger charge is -2.23. The molecule has 8 nitrogen and oxygen atoms in total. The summed E-state index contributed by atoms with van der Waals surface area (Å²) in [7, 11) is 1.59. The van der Waals surface area contributed by atoms with Gasteiger partial charge in [-0.05, 0) is 73.0 Å². The lowest BCUT2D eigenvalue weighted by molar-refractivity contribution is -0.132. The van der Waals surface area contributed by atoms with E-state index < -0.39 is 17.7 Å². The molecule has 2 aliphatic heterocycles. The quantitative estimate of drug-likeness (QED) is 0.113. The summed E-state index contributed by atoms with van der Waals surface area (Å²) in [5.74, 6) is 0.285. The zero-order valence-corrected chi connectivity index (χ0v) is 23.9. The van der Waals surface area contributed by atoms with Crippen LogP contribution in [0.3, 0.4) is 0 Å². The van der Waals surface area contributed by atoms with Crippen molar-refractivity contribution in [3.63, 3.8) is 0 Å². The molecule has 0 saturated carbocycles. The van der Waals surface area contributed by atoms with Crippen LogP contribution in [0.15, 0.2) is 66.2 Å². The summed E-state index contributed by atoms with van der Waals surface area (Å²) in [5.41, 5.74) is 2.71. The van der Waals surface area contributed by atoms with Gasteiger partial charge in [-0.2, -0.15) is 0 Å². The van der Waals surface area contributed by atoms with Crippen LogP contribution in [-0.2, 0) is 16.0 Å². The number of hydrogen-bond donors (Lipinski definition) is 1. The SMILES string of the molecule is CCCCOc1cccc(C2C(=C(O)c3ccc4c(c3)CC(C)O4)C(=O)C(=O)N2c2nc3ccc(OC)cc3s2)c1. The largest absolute Gasteiger partial charge is 0.507 e. The molecule has 1 aromatic heterocycles. The van der Waals surface area contributed by atoms with Gasteiger partial charge in [0, 0.05) is 12.0 Å². The van der Waals surface area contributed by atoms with E-state index in [1.165, 1.54) is 16.2 Å². The first-order chi connectivity index (χ1) is 19.9. The van der Waals surface area contributed by atoms with E-state index in [1.54, 1.807) is 25.3 Å². The van der Waals surface area contributed by atoms with E-state index in [2.05, 4.69) is 6.92 Å². The Hall–Kier alpha value is -4.37. The maximum absolute atomic E-state index is 13.7. The normalized spacial score (nSPS) is 19.4. The number of carbonyl (C=O) groups is 2. The zero-order chi connectivity index (χ0) is 28.7. The molecule has 0 radical (unpaired) electrons. The van der Waals surface area contributed by atoms with Crippen molar-refractivity contribution in [3.8, 4) is 17.2 Å². The lowest BCUT2D eigenvalue weighted by atomic mass is 9.94. The Labute approximate surface area is 241 Å². The number of amides is 1. The van der Waals surface area contributed by atoms with E-state index in [9.17, 15) is 14.7 Å². The van der Waals surface area contributed by atoms with Gasteiger partial charge in [0.1, 0.15) is 29.1 Å². The minimum absolute atomic E-state index is 0.00413. The van der Waals surface area contributed by atoms with Crippen molar-refractivity contribution in [1.82, 2.24) is 4.98 Å². The number of methoxy groups -OCH3 is 1. The number of aliphatic hydroxyl groups excluding tert-OH is 1. The van der Waals surface area contributed by atoms with Crippen LogP contribution in [0.2, 0.25) is 0 Å². The van der Waals surface area contributed by atoms with Crippen LogP contribution in [0.5, 0.6) is 17.2 Å². The lowest BCUT2D eigenvalue weighted by Crippen LogP contribution is -2.29. The molecule has 1 N–H and O–H groups in total. The van der Waals surface area contributed by atoms with Crippen molar-refractivity contribution in [2.24, 2.45) is 0 Å². The van der Waals surface area contributed by atoms with Crippen molar-refractivity contribution < 1.29 is 28.9 Å². The number of Topliss-reactive ketones (excluding diaryl/α,β-unsaturated/α-hetero) is 1. The van der Waals surface area contributed by atoms with E-state index in [0.29, 0.717) is 46.3 Å². The van der Waals surface area contributed by atoms with Gasteiger partial charge in [-0.15, -0.1) is 0 Å². The first-order valence-corrected chi connectivity index (χ1v) is 14.5. The topological polar surface area (TPSA) is 98.2 Å². The highest BCUT2D eigenvalue weighted by molar-refractivity contribution is 7.22. The molecule has 0 aliphatic carbocycles. The molecule has 3 aromatic carbocycles. The van der Waals surface area contributed by atoms with Crippen LogP contribution in [0.4, 0.5) is 5.13 Å². The van der Waals surface area contributed by atoms with Crippen molar-refractivity contribution in [2.75, 3.05) is 18.6 Å². The number of aromatic nitrogens is 1. The van der Waals surface area contributed by atoms with Gasteiger partial charge in [-0.1, -0.05) is 36.8 Å². The molecule has 4 aromatic rings. The summed E-state index contributed by atoms with van der Waals surface area (Å²) >= 11 is 1.29. The molecular weight excluding hydrogens is 540 g/mol. The zero-order valence-electron chi connectivity index (χ0n) is 23.0. The predicted octanol–water partition coefficient (Wildman–Crippen LogP) is 6.43. The highest BCUT2D eigenvalue weighted by atomic mass is 32.1. The van der Waals surface area contributed by atoms with Crippen molar-refractivity contribution in [2.45, 2.75) is 45.3 Å². The van der Waals surface area contributed by atoms with Crippen LogP contribution >= 0.6 is 11.3 Å². The average molecular weight is 571 g/mol. The fraction of sp³-hybridized carbons (Fsp3) is 0.281. The Morgan fingerprint density at radius 3 is 2.78 bits per heavy atom. The molecule has 210 valence electrons. The number of anilines is 1. The van der Waals surface area contributed by atoms with Crippen molar-refractivity contribution >= 4 is 44.1 Å². The van der Waals surface area contributed by atoms with Gasteiger partial charge in [0.05, 0.1) is 35.5 Å². The van der Waals surface area contributed by atoms with Gasteiger partial charge >= 0.3 is 5.91 Å². The monoisotopic (exact) mass is 570 g/mol. The second-order valence-corrected chi connectivity index (χ2v) is 11.2. The van der Waals surface area contributed by atoms with E-state index in [-0.39, 0.29) is 17.4 Å². The van der Waals surface area contributed by atoms with E-state index in [0.717, 1.165) is 28.9 Å². The smallest absolute Gasteiger partial charge is 0.301 e. The molecule has 9 heteroatoms. The molecule has 0 spiro atoms. The number of unbranched alkanes of at least 4 members (excludes halogenated alkanes) is 1. The Morgan fingerprint density at radius 2 is 1.98 bits per heavy atom. The summed E-state index contributed by atoms with van der Waals surface area (Å²) < 4.78 is 17.9. The fourth-order valence-electron chi connectivity index (χ4n) is 5.30. The third-order valence-electron chi connectivity index (χ3n) is 7.34. The molecule has 2 aliphatic rings. The Morgan fingerprint density at radius 1 is 1.12 bits per heavy atom. The summed E-state index contributed by atoms with van der Waals surface area (Å²) in [4.78, 5) is 33.4. The standard InChI is InChI=1S/C32H30N2O6S/c1-4-5-13-39-23-8-6-7-19(16-23)28-27(29(35)20-9-12-25-21(15-20)14-18(2)40-25)30(36)31(37)34(28)32-33-24-11-10-22(38-3)17-26(24)41-32/h6-12,15-18,28,35H,4-5,13-14H2,1-3H3. The second-order valence-electron chi connectivity index (χ2n) is 10.2. The average Bonchev–Trinajstić information content (AvgIpc) is 3.64. The van der Waals surface area contributed by atoms with Gasteiger partial charge < -0.3 is 19.3 Å². The number of carbonyl (C=O) groups excluding carboxylic acids is 2. The minimum atomic E-state index is -0.907. The van der Waals surface area contributed by atoms with Crippen LogP contribution in [0.1, 0.15) is 49.4 Å². The number of rotatable bonds is 8. The third kappa shape index (κ3) is 4.91. The van der Waals surface area contributed by atoms with Gasteiger partial charge in [0.25, 0.3) is 5.78 Å². The number of hydrogen-bond acceptors (Lipinski definition) is 8. The van der Waals surface area contributed by atoms with E-state index in [1.807, 2.05) is 49.4 Å². The molecule has 1 amide bonds. The molecule has 1 fully saturated rings. The number of ether oxygens (including phenoxy) is 3. The molecular formula is C32H30N2O6S. The van der Waals surface area contributed by atoms with Crippen LogP contribution in [-0.4, -0.2) is 41.6 Å². The molecule has 3 heterocycles.